The molecule has 94 valence electrons. The fourth-order valence-electron chi connectivity index (χ4n) is 1.57. The second kappa shape index (κ2) is 6.03. The molecule has 1 heterocycles. The third kappa shape index (κ3) is 2.74. The van der Waals surface area contributed by atoms with Gasteiger partial charge in [-0.05, 0) is 30.0 Å². The van der Waals surface area contributed by atoms with Crippen LogP contribution in [0, 0.1) is 0 Å². The van der Waals surface area contributed by atoms with Crippen molar-refractivity contribution in [3.63, 3.8) is 0 Å². The molecule has 0 saturated heterocycles. The zero-order valence-electron chi connectivity index (χ0n) is 9.98. The van der Waals surface area contributed by atoms with Crippen molar-refractivity contribution in [1.29, 1.82) is 0 Å². The summed E-state index contributed by atoms with van der Waals surface area (Å²) in [4.78, 5) is 12.9. The molecule has 4 heteroatoms. The number of carbonyl (C=O) groups is 1. The van der Waals surface area contributed by atoms with Crippen LogP contribution in [0.1, 0.15) is 28.6 Å². The van der Waals surface area contributed by atoms with Crippen LogP contribution >= 0.6 is 22.9 Å². The van der Waals surface area contributed by atoms with Crippen molar-refractivity contribution in [2.24, 2.45) is 0 Å². The highest BCUT2D eigenvalue weighted by Gasteiger charge is 2.18. The number of hydrogen-bond acceptors (Lipinski definition) is 3. The monoisotopic (exact) mass is 280 g/mol. The molecule has 0 bridgehead atoms. The second-order valence-electron chi connectivity index (χ2n) is 3.77. The Balaban J connectivity index is 2.33. The van der Waals surface area contributed by atoms with Gasteiger partial charge in [0.15, 0.2) is 0 Å². The van der Waals surface area contributed by atoms with E-state index in [4.69, 9.17) is 16.3 Å². The van der Waals surface area contributed by atoms with E-state index in [0.29, 0.717) is 27.8 Å². The van der Waals surface area contributed by atoms with Gasteiger partial charge in [-0.15, -0.1) is 11.3 Å². The van der Waals surface area contributed by atoms with Crippen molar-refractivity contribution in [3.8, 4) is 5.75 Å². The van der Waals surface area contributed by atoms with E-state index in [-0.39, 0.29) is 5.78 Å². The van der Waals surface area contributed by atoms with Crippen molar-refractivity contribution in [1.82, 2.24) is 0 Å². The lowest BCUT2D eigenvalue weighted by Crippen LogP contribution is -2.05. The minimum Gasteiger partial charge on any atom is -0.493 e. The molecule has 2 nitrogen and oxygen atoms in total. The standard InChI is InChI=1S/C14H13ClO2S/c1-2-8-17-12-6-4-3-5-10(12)13(16)14-11(15)7-9-18-14/h3-7,9H,2,8H2,1H3. The maximum absolute atomic E-state index is 12.4. The van der Waals surface area contributed by atoms with Crippen LogP contribution in [0.2, 0.25) is 5.02 Å². The van der Waals surface area contributed by atoms with E-state index >= 15 is 0 Å². The van der Waals surface area contributed by atoms with Crippen molar-refractivity contribution in [3.05, 3.63) is 51.2 Å². The average Bonchev–Trinajstić information content (AvgIpc) is 2.82. The Bertz CT molecular complexity index is 548. The van der Waals surface area contributed by atoms with E-state index in [1.54, 1.807) is 12.1 Å². The molecular formula is C14H13ClO2S. The van der Waals surface area contributed by atoms with Gasteiger partial charge in [0, 0.05) is 0 Å². The highest BCUT2D eigenvalue weighted by molar-refractivity contribution is 7.13. The van der Waals surface area contributed by atoms with E-state index in [9.17, 15) is 4.79 Å². The van der Waals surface area contributed by atoms with Crippen LogP contribution in [0.3, 0.4) is 0 Å². The van der Waals surface area contributed by atoms with Crippen LogP contribution in [0.5, 0.6) is 5.75 Å². The van der Waals surface area contributed by atoms with Gasteiger partial charge >= 0.3 is 0 Å². The molecule has 0 aliphatic rings. The lowest BCUT2D eigenvalue weighted by Gasteiger charge is -2.09. The van der Waals surface area contributed by atoms with Crippen molar-refractivity contribution < 1.29 is 9.53 Å². The first kappa shape index (κ1) is 13.1. The quantitative estimate of drug-likeness (QED) is 0.758. The number of benzene rings is 1. The molecule has 0 fully saturated rings. The summed E-state index contributed by atoms with van der Waals surface area (Å²) in [6.45, 7) is 2.63. The summed E-state index contributed by atoms with van der Waals surface area (Å²) in [5.41, 5.74) is 0.565. The SMILES string of the molecule is CCCOc1ccccc1C(=O)c1sccc1Cl. The third-order valence-corrected chi connectivity index (χ3v) is 3.76. The molecule has 1 aromatic heterocycles. The first-order valence-corrected chi connectivity index (χ1v) is 6.99. The van der Waals surface area contributed by atoms with E-state index < -0.39 is 0 Å². The van der Waals surface area contributed by atoms with Gasteiger partial charge in [-0.3, -0.25) is 4.79 Å². The number of ketones is 1. The topological polar surface area (TPSA) is 26.3 Å². The Hall–Kier alpha value is -1.32. The van der Waals surface area contributed by atoms with Crippen LogP contribution in [0.4, 0.5) is 0 Å². The summed E-state index contributed by atoms with van der Waals surface area (Å²) in [6.07, 6.45) is 0.905. The Morgan fingerprint density at radius 3 is 2.78 bits per heavy atom. The highest BCUT2D eigenvalue weighted by atomic mass is 35.5. The zero-order chi connectivity index (χ0) is 13.0. The number of carbonyl (C=O) groups excluding carboxylic acids is 1. The predicted molar refractivity (Wildman–Crippen MR) is 75.0 cm³/mol. The number of ether oxygens (including phenoxy) is 1. The summed E-state index contributed by atoms with van der Waals surface area (Å²) >= 11 is 7.34. The molecule has 18 heavy (non-hydrogen) atoms. The average molecular weight is 281 g/mol. The minimum atomic E-state index is -0.0818. The van der Waals surface area contributed by atoms with Gasteiger partial charge in [-0.1, -0.05) is 30.7 Å². The number of thiophene rings is 1. The van der Waals surface area contributed by atoms with E-state index in [2.05, 4.69) is 0 Å². The molecular weight excluding hydrogens is 268 g/mol. The van der Waals surface area contributed by atoms with Crippen molar-refractivity contribution in [2.75, 3.05) is 6.61 Å². The van der Waals surface area contributed by atoms with Gasteiger partial charge in [-0.25, -0.2) is 0 Å². The fourth-order valence-corrected chi connectivity index (χ4v) is 2.67. The predicted octanol–water partition coefficient (Wildman–Crippen LogP) is 4.42. The van der Waals surface area contributed by atoms with Gasteiger partial charge in [0.05, 0.1) is 22.1 Å². The van der Waals surface area contributed by atoms with Gasteiger partial charge < -0.3 is 4.74 Å². The molecule has 0 amide bonds. The van der Waals surface area contributed by atoms with Crippen LogP contribution in [0.25, 0.3) is 0 Å². The van der Waals surface area contributed by atoms with Gasteiger partial charge in [0.2, 0.25) is 5.78 Å². The largest absolute Gasteiger partial charge is 0.493 e. The second-order valence-corrected chi connectivity index (χ2v) is 5.09. The molecule has 2 aromatic rings. The van der Waals surface area contributed by atoms with Crippen molar-refractivity contribution in [2.45, 2.75) is 13.3 Å². The van der Waals surface area contributed by atoms with Crippen LogP contribution < -0.4 is 4.74 Å². The number of rotatable bonds is 5. The molecule has 0 spiro atoms. The molecule has 0 atom stereocenters. The fraction of sp³-hybridized carbons (Fsp3) is 0.214. The molecule has 0 N–H and O–H groups in total. The highest BCUT2D eigenvalue weighted by Crippen LogP contribution is 2.28. The number of hydrogen-bond donors (Lipinski definition) is 0. The molecule has 2 rings (SSSR count). The summed E-state index contributed by atoms with van der Waals surface area (Å²) in [5.74, 6) is 0.538. The van der Waals surface area contributed by atoms with E-state index in [0.717, 1.165) is 6.42 Å². The molecule has 1 aromatic carbocycles. The molecule has 0 unspecified atom stereocenters. The normalized spacial score (nSPS) is 10.3. The maximum atomic E-state index is 12.4. The van der Waals surface area contributed by atoms with Gasteiger partial charge in [0.25, 0.3) is 0 Å². The Morgan fingerprint density at radius 2 is 2.11 bits per heavy atom. The van der Waals surface area contributed by atoms with Gasteiger partial charge in [0.1, 0.15) is 5.75 Å². The maximum Gasteiger partial charge on any atom is 0.208 e. The summed E-state index contributed by atoms with van der Waals surface area (Å²) < 4.78 is 5.59. The van der Waals surface area contributed by atoms with Crippen LogP contribution in [0.15, 0.2) is 35.7 Å². The minimum absolute atomic E-state index is 0.0818. The first-order chi connectivity index (χ1) is 8.74. The molecule has 0 saturated carbocycles. The number of para-hydroxylation sites is 1. The smallest absolute Gasteiger partial charge is 0.208 e. The zero-order valence-corrected chi connectivity index (χ0v) is 11.6. The van der Waals surface area contributed by atoms with Gasteiger partial charge in [-0.2, -0.15) is 0 Å². The summed E-state index contributed by atoms with van der Waals surface area (Å²) in [7, 11) is 0. The van der Waals surface area contributed by atoms with E-state index in [1.165, 1.54) is 11.3 Å². The lowest BCUT2D eigenvalue weighted by molar-refractivity contribution is 0.103. The van der Waals surface area contributed by atoms with E-state index in [1.807, 2.05) is 30.5 Å². The molecule has 0 aliphatic carbocycles. The number of halogens is 1. The molecule has 0 radical (unpaired) electrons. The van der Waals surface area contributed by atoms with Crippen LogP contribution in [-0.2, 0) is 0 Å². The Labute approximate surface area is 115 Å². The summed E-state index contributed by atoms with van der Waals surface area (Å²) in [6, 6.07) is 8.99. The third-order valence-electron chi connectivity index (χ3n) is 2.42. The van der Waals surface area contributed by atoms with Crippen molar-refractivity contribution >= 4 is 28.7 Å². The first-order valence-electron chi connectivity index (χ1n) is 5.73. The molecule has 0 aliphatic heterocycles. The Kier molecular flexibility index (Phi) is 4.39. The van der Waals surface area contributed by atoms with Crippen LogP contribution in [-0.4, -0.2) is 12.4 Å². The summed E-state index contributed by atoms with van der Waals surface area (Å²) in [5, 5.41) is 2.31. The lowest BCUT2D eigenvalue weighted by atomic mass is 10.1. The Morgan fingerprint density at radius 1 is 1.33 bits per heavy atom.